The zero-order valence-corrected chi connectivity index (χ0v) is 17.4. The second-order valence-electron chi connectivity index (χ2n) is 8.38. The number of methoxy groups -OCH3 is 1. The third-order valence-electron chi connectivity index (χ3n) is 6.75. The van der Waals surface area contributed by atoms with Gasteiger partial charge in [-0.05, 0) is 70.8 Å². The number of benzene rings is 3. The van der Waals surface area contributed by atoms with E-state index < -0.39 is 0 Å². The Labute approximate surface area is 177 Å². The summed E-state index contributed by atoms with van der Waals surface area (Å²) >= 11 is 0. The molecule has 0 spiro atoms. The molecule has 0 bridgehead atoms. The summed E-state index contributed by atoms with van der Waals surface area (Å²) in [4.78, 5) is 2.60. The number of fused-ring (bicyclic) bond motifs is 4. The van der Waals surface area contributed by atoms with E-state index in [1.165, 1.54) is 33.4 Å². The van der Waals surface area contributed by atoms with E-state index in [0.717, 1.165) is 24.9 Å². The van der Waals surface area contributed by atoms with Crippen LogP contribution in [0.2, 0.25) is 0 Å². The molecular weight excluding hydrogens is 374 g/mol. The third kappa shape index (κ3) is 2.99. The molecule has 3 aromatic rings. The lowest BCUT2D eigenvalue weighted by atomic mass is 9.78. The van der Waals surface area contributed by atoms with Crippen molar-refractivity contribution in [3.05, 3.63) is 93.5 Å². The number of hydrogen-bond acceptors (Lipinski definition) is 4. The molecule has 5 rings (SSSR count). The molecule has 0 saturated heterocycles. The van der Waals surface area contributed by atoms with Crippen molar-refractivity contribution < 1.29 is 14.9 Å². The van der Waals surface area contributed by atoms with E-state index in [1.54, 1.807) is 7.11 Å². The Morgan fingerprint density at radius 3 is 2.60 bits per heavy atom. The Morgan fingerprint density at radius 2 is 1.83 bits per heavy atom. The zero-order chi connectivity index (χ0) is 20.8. The van der Waals surface area contributed by atoms with E-state index in [9.17, 15) is 10.2 Å². The van der Waals surface area contributed by atoms with Gasteiger partial charge >= 0.3 is 0 Å². The van der Waals surface area contributed by atoms with Crippen molar-refractivity contribution in [2.45, 2.75) is 38.5 Å². The van der Waals surface area contributed by atoms with Crippen LogP contribution in [-0.4, -0.2) is 28.8 Å². The van der Waals surface area contributed by atoms with Gasteiger partial charge in [-0.2, -0.15) is 0 Å². The van der Waals surface area contributed by atoms with Gasteiger partial charge in [-0.1, -0.05) is 42.5 Å². The van der Waals surface area contributed by atoms with E-state index in [1.807, 2.05) is 18.2 Å². The summed E-state index contributed by atoms with van der Waals surface area (Å²) in [5, 5.41) is 20.0. The molecule has 0 unspecified atom stereocenters. The van der Waals surface area contributed by atoms with Gasteiger partial charge in [0.1, 0.15) is 0 Å². The number of hydrogen-bond donors (Lipinski definition) is 2. The highest BCUT2D eigenvalue weighted by molar-refractivity contribution is 5.53. The molecule has 0 radical (unpaired) electrons. The van der Waals surface area contributed by atoms with Crippen molar-refractivity contribution in [3.63, 3.8) is 0 Å². The van der Waals surface area contributed by atoms with Gasteiger partial charge in [0, 0.05) is 12.6 Å². The van der Waals surface area contributed by atoms with Crippen LogP contribution < -0.4 is 4.74 Å². The van der Waals surface area contributed by atoms with Crippen LogP contribution in [0, 0.1) is 6.92 Å². The molecule has 4 nitrogen and oxygen atoms in total. The summed E-state index contributed by atoms with van der Waals surface area (Å²) in [6, 6.07) is 19.2. The van der Waals surface area contributed by atoms with E-state index in [4.69, 9.17) is 4.74 Å². The standard InChI is InChI=1S/C26H27NO3/c1-16-5-3-4-6-20(16)26-22-14-25(30-2)24(29)13-19(22)12-23-21-8-7-17(15-28)11-18(21)9-10-27(23)26/h3-8,11,13-14,23,26,28-29H,9-10,12,15H2,1-2H3/t23-,26+/m0/s1. The lowest BCUT2D eigenvalue weighted by molar-refractivity contribution is 0.128. The minimum absolute atomic E-state index is 0.0734. The number of aliphatic hydroxyl groups is 1. The molecule has 3 aromatic carbocycles. The Hall–Kier alpha value is -2.82. The normalized spacial score (nSPS) is 20.2. The lowest BCUT2D eigenvalue weighted by Gasteiger charge is -2.47. The molecule has 2 atom stereocenters. The molecule has 154 valence electrons. The Balaban J connectivity index is 1.70. The number of aryl methyl sites for hydroxylation is 1. The molecule has 0 aromatic heterocycles. The first kappa shape index (κ1) is 19.2. The fraction of sp³-hybridized carbons (Fsp3) is 0.308. The summed E-state index contributed by atoms with van der Waals surface area (Å²) in [5.74, 6) is 0.718. The van der Waals surface area contributed by atoms with E-state index >= 15 is 0 Å². The van der Waals surface area contributed by atoms with Crippen LogP contribution in [0.4, 0.5) is 0 Å². The molecule has 0 fully saturated rings. The molecule has 0 amide bonds. The molecule has 30 heavy (non-hydrogen) atoms. The van der Waals surface area contributed by atoms with Crippen LogP contribution in [-0.2, 0) is 19.4 Å². The maximum absolute atomic E-state index is 10.5. The number of rotatable bonds is 3. The minimum Gasteiger partial charge on any atom is -0.504 e. The van der Waals surface area contributed by atoms with Crippen LogP contribution in [0.3, 0.4) is 0 Å². The second kappa shape index (κ2) is 7.46. The fourth-order valence-electron chi connectivity index (χ4n) is 5.27. The average molecular weight is 402 g/mol. The van der Waals surface area contributed by atoms with Crippen LogP contribution in [0.15, 0.2) is 54.6 Å². The maximum Gasteiger partial charge on any atom is 0.160 e. The molecular formula is C26H27NO3. The molecule has 2 aliphatic heterocycles. The molecule has 4 heteroatoms. The quantitative estimate of drug-likeness (QED) is 0.681. The topological polar surface area (TPSA) is 52.9 Å². The molecule has 0 saturated carbocycles. The van der Waals surface area contributed by atoms with Crippen LogP contribution >= 0.6 is 0 Å². The summed E-state index contributed by atoms with van der Waals surface area (Å²) in [6.07, 6.45) is 1.81. The first-order chi connectivity index (χ1) is 14.6. The summed E-state index contributed by atoms with van der Waals surface area (Å²) < 4.78 is 5.45. The average Bonchev–Trinajstić information content (AvgIpc) is 2.77. The highest BCUT2D eigenvalue weighted by Crippen LogP contribution is 2.49. The number of phenolic OH excluding ortho intramolecular Hbond substituents is 1. The molecule has 2 aliphatic rings. The number of phenols is 1. The number of ether oxygens (including phenoxy) is 1. The van der Waals surface area contributed by atoms with Gasteiger partial charge < -0.3 is 14.9 Å². The largest absolute Gasteiger partial charge is 0.504 e. The maximum atomic E-state index is 10.5. The number of aromatic hydroxyl groups is 1. The van der Waals surface area contributed by atoms with Crippen molar-refractivity contribution in [1.29, 1.82) is 0 Å². The van der Waals surface area contributed by atoms with Gasteiger partial charge in [0.15, 0.2) is 11.5 Å². The minimum atomic E-state index is 0.0734. The van der Waals surface area contributed by atoms with Gasteiger partial charge in [-0.25, -0.2) is 0 Å². The van der Waals surface area contributed by atoms with E-state index in [2.05, 4.69) is 48.2 Å². The van der Waals surface area contributed by atoms with Crippen LogP contribution in [0.5, 0.6) is 11.5 Å². The van der Waals surface area contributed by atoms with Crippen molar-refractivity contribution >= 4 is 0 Å². The van der Waals surface area contributed by atoms with E-state index in [-0.39, 0.29) is 24.4 Å². The molecule has 2 N–H and O–H groups in total. The predicted octanol–water partition coefficient (Wildman–Crippen LogP) is 4.45. The Bertz CT molecular complexity index is 1110. The fourth-order valence-corrected chi connectivity index (χ4v) is 5.27. The van der Waals surface area contributed by atoms with Crippen LogP contribution in [0.25, 0.3) is 0 Å². The second-order valence-corrected chi connectivity index (χ2v) is 8.38. The zero-order valence-electron chi connectivity index (χ0n) is 17.4. The Kier molecular flexibility index (Phi) is 4.76. The van der Waals surface area contributed by atoms with Crippen molar-refractivity contribution in [1.82, 2.24) is 4.90 Å². The SMILES string of the molecule is COc1cc2c(cc1O)C[C@H]1c3ccc(CO)cc3CCN1[C@@H]2c1ccccc1C. The molecule has 2 heterocycles. The summed E-state index contributed by atoms with van der Waals surface area (Å²) in [6.45, 7) is 3.19. The van der Waals surface area contributed by atoms with E-state index in [0.29, 0.717) is 5.75 Å². The van der Waals surface area contributed by atoms with Gasteiger partial charge in [0.25, 0.3) is 0 Å². The third-order valence-corrected chi connectivity index (χ3v) is 6.75. The monoisotopic (exact) mass is 401 g/mol. The number of nitrogens with zero attached hydrogens (tertiary/aromatic N) is 1. The van der Waals surface area contributed by atoms with Crippen LogP contribution in [0.1, 0.15) is 51.0 Å². The number of aliphatic hydroxyl groups excluding tert-OH is 1. The van der Waals surface area contributed by atoms with Gasteiger partial charge in [-0.3, -0.25) is 4.90 Å². The Morgan fingerprint density at radius 1 is 1.00 bits per heavy atom. The highest BCUT2D eigenvalue weighted by Gasteiger charge is 2.40. The summed E-state index contributed by atoms with van der Waals surface area (Å²) in [5.41, 5.74) is 8.57. The van der Waals surface area contributed by atoms with Crippen molar-refractivity contribution in [2.75, 3.05) is 13.7 Å². The van der Waals surface area contributed by atoms with Crippen molar-refractivity contribution in [3.8, 4) is 11.5 Å². The lowest BCUT2D eigenvalue weighted by Crippen LogP contribution is -2.43. The first-order valence-electron chi connectivity index (χ1n) is 10.5. The van der Waals surface area contributed by atoms with Gasteiger partial charge in [-0.15, -0.1) is 0 Å². The van der Waals surface area contributed by atoms with Gasteiger partial charge in [0.05, 0.1) is 19.8 Å². The van der Waals surface area contributed by atoms with Gasteiger partial charge in [0.2, 0.25) is 0 Å². The van der Waals surface area contributed by atoms with Crippen molar-refractivity contribution in [2.24, 2.45) is 0 Å². The summed E-state index contributed by atoms with van der Waals surface area (Å²) in [7, 11) is 1.60. The smallest absolute Gasteiger partial charge is 0.160 e. The first-order valence-corrected chi connectivity index (χ1v) is 10.5. The predicted molar refractivity (Wildman–Crippen MR) is 117 cm³/mol. The molecule has 0 aliphatic carbocycles. The highest BCUT2D eigenvalue weighted by atomic mass is 16.5.